The molecule has 0 aromatic heterocycles. The molecule has 2 aliphatic rings. The highest BCUT2D eigenvalue weighted by Gasteiger charge is 2.44. The van der Waals surface area contributed by atoms with Gasteiger partial charge in [0.2, 0.25) is 5.91 Å². The van der Waals surface area contributed by atoms with E-state index in [2.05, 4.69) is 40.5 Å². The molecule has 3 rings (SSSR count). The number of likely N-dealkylation sites (tertiary alicyclic amines) is 1. The predicted octanol–water partition coefficient (Wildman–Crippen LogP) is 1.86. The zero-order valence-corrected chi connectivity index (χ0v) is 15.2. The van der Waals surface area contributed by atoms with Crippen LogP contribution in [0, 0.1) is 5.41 Å². The van der Waals surface area contributed by atoms with Crippen molar-refractivity contribution in [3.63, 3.8) is 0 Å². The van der Waals surface area contributed by atoms with Gasteiger partial charge in [-0.05, 0) is 49.8 Å². The number of benzene rings is 1. The summed E-state index contributed by atoms with van der Waals surface area (Å²) < 4.78 is 10.6. The van der Waals surface area contributed by atoms with Crippen molar-refractivity contribution in [3.05, 3.63) is 35.9 Å². The Bertz CT molecular complexity index is 541. The molecule has 1 spiro atoms. The fourth-order valence-corrected chi connectivity index (χ4v) is 4.14. The Balaban J connectivity index is 1.52. The third-order valence-electron chi connectivity index (χ3n) is 5.79. The number of hydrogen-bond acceptors (Lipinski definition) is 4. The zero-order valence-electron chi connectivity index (χ0n) is 15.2. The molecule has 0 radical (unpaired) electrons. The number of amides is 1. The molecule has 5 heteroatoms. The molecule has 0 bridgehead atoms. The van der Waals surface area contributed by atoms with Crippen molar-refractivity contribution in [1.29, 1.82) is 0 Å². The quantitative estimate of drug-likeness (QED) is 0.854. The van der Waals surface area contributed by atoms with Gasteiger partial charge in [0.1, 0.15) is 6.61 Å². The third-order valence-corrected chi connectivity index (χ3v) is 5.79. The summed E-state index contributed by atoms with van der Waals surface area (Å²) in [6.07, 6.45) is 4.40. The number of nitrogens with zero attached hydrogens (tertiary/aromatic N) is 1. The standard InChI is InChI=1S/C20H30N2O3/c1-24-16-19(23)21-18-15-25-14-10-20(18)8-12-22(13-9-20)11-7-17-5-3-2-4-6-17/h2-6,18H,7-16H2,1H3,(H,21,23). The van der Waals surface area contributed by atoms with Crippen molar-refractivity contribution in [2.24, 2.45) is 5.41 Å². The van der Waals surface area contributed by atoms with E-state index in [4.69, 9.17) is 9.47 Å². The van der Waals surface area contributed by atoms with Gasteiger partial charge in [-0.15, -0.1) is 0 Å². The van der Waals surface area contributed by atoms with Crippen molar-refractivity contribution in [1.82, 2.24) is 10.2 Å². The lowest BCUT2D eigenvalue weighted by atomic mass is 9.69. The number of hydrogen-bond donors (Lipinski definition) is 1. The molecule has 2 saturated heterocycles. The van der Waals surface area contributed by atoms with E-state index in [0.717, 1.165) is 51.9 Å². The Morgan fingerprint density at radius 3 is 2.76 bits per heavy atom. The fourth-order valence-electron chi connectivity index (χ4n) is 4.14. The maximum Gasteiger partial charge on any atom is 0.246 e. The van der Waals surface area contributed by atoms with Crippen molar-refractivity contribution in [2.75, 3.05) is 46.6 Å². The van der Waals surface area contributed by atoms with E-state index >= 15 is 0 Å². The summed E-state index contributed by atoms with van der Waals surface area (Å²) in [7, 11) is 1.55. The Labute approximate surface area is 150 Å². The SMILES string of the molecule is COCC(=O)NC1COCCC12CCN(CCc1ccccc1)CC2. The lowest BCUT2D eigenvalue weighted by Gasteiger charge is -2.49. The third kappa shape index (κ3) is 4.81. The first-order chi connectivity index (χ1) is 12.2. The number of carbonyl (C=O) groups is 1. The summed E-state index contributed by atoms with van der Waals surface area (Å²) in [4.78, 5) is 14.5. The van der Waals surface area contributed by atoms with E-state index in [1.165, 1.54) is 5.56 Å². The van der Waals surface area contributed by atoms with E-state index < -0.39 is 0 Å². The second kappa shape index (κ2) is 8.79. The van der Waals surface area contributed by atoms with Gasteiger partial charge in [-0.1, -0.05) is 30.3 Å². The largest absolute Gasteiger partial charge is 0.379 e. The van der Waals surface area contributed by atoms with E-state index in [0.29, 0.717) is 6.61 Å². The van der Waals surface area contributed by atoms with Crippen LogP contribution in [-0.2, 0) is 20.7 Å². The minimum Gasteiger partial charge on any atom is -0.379 e. The average molecular weight is 346 g/mol. The highest BCUT2D eigenvalue weighted by Crippen LogP contribution is 2.40. The van der Waals surface area contributed by atoms with Crippen molar-refractivity contribution >= 4 is 5.91 Å². The summed E-state index contributed by atoms with van der Waals surface area (Å²) in [5, 5.41) is 3.15. The van der Waals surface area contributed by atoms with Crippen molar-refractivity contribution < 1.29 is 14.3 Å². The summed E-state index contributed by atoms with van der Waals surface area (Å²) in [5.41, 5.74) is 1.59. The molecule has 2 aliphatic heterocycles. The smallest absolute Gasteiger partial charge is 0.246 e. The van der Waals surface area contributed by atoms with E-state index in [1.807, 2.05) is 0 Å². The second-order valence-corrected chi connectivity index (χ2v) is 7.32. The summed E-state index contributed by atoms with van der Waals surface area (Å²) in [5.74, 6) is -0.0381. The molecule has 0 aliphatic carbocycles. The van der Waals surface area contributed by atoms with E-state index in [-0.39, 0.29) is 24.0 Å². The van der Waals surface area contributed by atoms with Gasteiger partial charge in [-0.25, -0.2) is 0 Å². The number of carbonyl (C=O) groups excluding carboxylic acids is 1. The number of ether oxygens (including phenoxy) is 2. The van der Waals surface area contributed by atoms with Crippen LogP contribution in [-0.4, -0.2) is 63.4 Å². The first-order valence-electron chi connectivity index (χ1n) is 9.34. The van der Waals surface area contributed by atoms with Crippen LogP contribution >= 0.6 is 0 Å². The lowest BCUT2D eigenvalue weighted by molar-refractivity contribution is -0.130. The first kappa shape index (κ1) is 18.4. The van der Waals surface area contributed by atoms with Gasteiger partial charge >= 0.3 is 0 Å². The van der Waals surface area contributed by atoms with Crippen molar-refractivity contribution in [3.8, 4) is 0 Å². The highest BCUT2D eigenvalue weighted by atomic mass is 16.5. The average Bonchev–Trinajstić information content (AvgIpc) is 2.64. The second-order valence-electron chi connectivity index (χ2n) is 7.32. The van der Waals surface area contributed by atoms with Crippen molar-refractivity contribution in [2.45, 2.75) is 31.7 Å². The Hall–Kier alpha value is -1.43. The summed E-state index contributed by atoms with van der Waals surface area (Å²) in [6, 6.07) is 10.8. The predicted molar refractivity (Wildman–Crippen MR) is 97.5 cm³/mol. The van der Waals surface area contributed by atoms with Gasteiger partial charge in [0.25, 0.3) is 0 Å². The fraction of sp³-hybridized carbons (Fsp3) is 0.650. The molecule has 1 amide bonds. The molecule has 25 heavy (non-hydrogen) atoms. The van der Waals surface area contributed by atoms with Gasteiger partial charge < -0.3 is 19.7 Å². The van der Waals surface area contributed by atoms with E-state index in [1.54, 1.807) is 7.11 Å². The van der Waals surface area contributed by atoms with Gasteiger partial charge in [0, 0.05) is 20.3 Å². The maximum absolute atomic E-state index is 12.0. The van der Waals surface area contributed by atoms with Crippen LogP contribution in [0.1, 0.15) is 24.8 Å². The normalized spacial score (nSPS) is 23.5. The Kier molecular flexibility index (Phi) is 6.45. The Morgan fingerprint density at radius 2 is 2.04 bits per heavy atom. The van der Waals surface area contributed by atoms with Crippen LogP contribution in [0.5, 0.6) is 0 Å². The van der Waals surface area contributed by atoms with E-state index in [9.17, 15) is 4.79 Å². The molecule has 1 unspecified atom stereocenters. The first-order valence-corrected chi connectivity index (χ1v) is 9.34. The molecule has 1 atom stereocenters. The molecule has 2 fully saturated rings. The molecule has 1 N–H and O–H groups in total. The summed E-state index contributed by atoms with van der Waals surface area (Å²) >= 11 is 0. The van der Waals surface area contributed by atoms with Crippen LogP contribution in [0.3, 0.4) is 0 Å². The summed E-state index contributed by atoms with van der Waals surface area (Å²) in [6.45, 7) is 4.86. The van der Waals surface area contributed by atoms with Gasteiger partial charge in [-0.3, -0.25) is 4.79 Å². The molecule has 1 aromatic carbocycles. The monoisotopic (exact) mass is 346 g/mol. The molecule has 2 heterocycles. The lowest BCUT2D eigenvalue weighted by Crippen LogP contribution is -2.58. The molecule has 138 valence electrons. The van der Waals surface area contributed by atoms with Crippen LogP contribution < -0.4 is 5.32 Å². The van der Waals surface area contributed by atoms with Crippen LogP contribution in [0.25, 0.3) is 0 Å². The van der Waals surface area contributed by atoms with Gasteiger partial charge in [0.15, 0.2) is 0 Å². The maximum atomic E-state index is 12.0. The zero-order chi connectivity index (χ0) is 17.5. The van der Waals surface area contributed by atoms with Gasteiger partial charge in [-0.2, -0.15) is 0 Å². The number of rotatable bonds is 6. The molecular formula is C20H30N2O3. The molecular weight excluding hydrogens is 316 g/mol. The highest BCUT2D eigenvalue weighted by molar-refractivity contribution is 5.77. The van der Waals surface area contributed by atoms with Crippen LogP contribution in [0.15, 0.2) is 30.3 Å². The number of methoxy groups -OCH3 is 1. The van der Waals surface area contributed by atoms with Gasteiger partial charge in [0.05, 0.1) is 12.6 Å². The minimum atomic E-state index is -0.0381. The molecule has 1 aromatic rings. The Morgan fingerprint density at radius 1 is 1.28 bits per heavy atom. The number of piperidine rings is 1. The topological polar surface area (TPSA) is 50.8 Å². The number of nitrogens with one attached hydrogen (secondary N) is 1. The van der Waals surface area contributed by atoms with Crippen LogP contribution in [0.4, 0.5) is 0 Å². The molecule has 5 nitrogen and oxygen atoms in total. The molecule has 0 saturated carbocycles. The minimum absolute atomic E-state index is 0.0381. The van der Waals surface area contributed by atoms with Crippen LogP contribution in [0.2, 0.25) is 0 Å².